The molecule has 1 aromatic carbocycles. The van der Waals surface area contributed by atoms with Gasteiger partial charge in [-0.2, -0.15) is 0 Å². The van der Waals surface area contributed by atoms with Gasteiger partial charge in [0.05, 0.1) is 6.04 Å². The molecule has 1 aliphatic rings. The quantitative estimate of drug-likeness (QED) is 0.763. The summed E-state index contributed by atoms with van der Waals surface area (Å²) in [5.74, 6) is 2.75. The van der Waals surface area contributed by atoms with Crippen LogP contribution in [0.3, 0.4) is 0 Å². The largest absolute Gasteiger partial charge is 0.297 e. The predicted octanol–water partition coefficient (Wildman–Crippen LogP) is 3.41. The lowest BCUT2D eigenvalue weighted by Crippen LogP contribution is -2.36. The van der Waals surface area contributed by atoms with Crippen molar-refractivity contribution in [1.82, 2.24) is 5.32 Å². The Labute approximate surface area is 105 Å². The van der Waals surface area contributed by atoms with Crippen LogP contribution in [0, 0.1) is 12.3 Å². The molecule has 17 heavy (non-hydrogen) atoms. The lowest BCUT2D eigenvalue weighted by molar-refractivity contribution is 0.352. The zero-order chi connectivity index (χ0) is 12.5. The van der Waals surface area contributed by atoms with Crippen LogP contribution in [-0.4, -0.2) is 6.04 Å². The molecule has 0 radical (unpaired) electrons. The third kappa shape index (κ3) is 2.37. The van der Waals surface area contributed by atoms with E-state index in [-0.39, 0.29) is 11.5 Å². The second-order valence-electron chi connectivity index (χ2n) is 5.62. The van der Waals surface area contributed by atoms with E-state index in [9.17, 15) is 0 Å². The van der Waals surface area contributed by atoms with E-state index in [2.05, 4.69) is 49.4 Å². The van der Waals surface area contributed by atoms with Crippen molar-refractivity contribution >= 4 is 0 Å². The molecule has 1 aliphatic carbocycles. The van der Waals surface area contributed by atoms with Gasteiger partial charge in [0, 0.05) is 6.04 Å². The van der Waals surface area contributed by atoms with Crippen LogP contribution < -0.4 is 5.32 Å². The summed E-state index contributed by atoms with van der Waals surface area (Å²) in [7, 11) is 0. The van der Waals surface area contributed by atoms with Crippen molar-refractivity contribution in [2.45, 2.75) is 51.1 Å². The van der Waals surface area contributed by atoms with Crippen LogP contribution in [0.2, 0.25) is 0 Å². The van der Waals surface area contributed by atoms with Gasteiger partial charge in [-0.25, -0.2) is 0 Å². The van der Waals surface area contributed by atoms with Crippen molar-refractivity contribution in [3.63, 3.8) is 0 Å². The minimum absolute atomic E-state index is 0.134. The topological polar surface area (TPSA) is 12.0 Å². The fourth-order valence-electron chi connectivity index (χ4n) is 2.74. The maximum atomic E-state index is 5.45. The SMILES string of the molecule is C#CC(C)NC1CCC(C)(C)c2ccccc21. The van der Waals surface area contributed by atoms with Gasteiger partial charge in [0.2, 0.25) is 0 Å². The molecule has 2 rings (SSSR count). The minimum Gasteiger partial charge on any atom is -0.297 e. The van der Waals surface area contributed by atoms with E-state index >= 15 is 0 Å². The van der Waals surface area contributed by atoms with Gasteiger partial charge in [-0.05, 0) is 36.3 Å². The van der Waals surface area contributed by atoms with Crippen molar-refractivity contribution in [3.05, 3.63) is 35.4 Å². The number of rotatable bonds is 2. The molecule has 0 fully saturated rings. The normalized spacial score (nSPS) is 23.5. The molecule has 90 valence electrons. The van der Waals surface area contributed by atoms with Gasteiger partial charge in [0.1, 0.15) is 0 Å². The van der Waals surface area contributed by atoms with E-state index in [1.165, 1.54) is 17.5 Å². The summed E-state index contributed by atoms with van der Waals surface area (Å²) in [5.41, 5.74) is 3.17. The molecule has 0 amide bonds. The Kier molecular flexibility index (Phi) is 3.26. The monoisotopic (exact) mass is 227 g/mol. The van der Waals surface area contributed by atoms with Crippen molar-refractivity contribution in [2.24, 2.45) is 0 Å². The molecular formula is C16H21N. The average molecular weight is 227 g/mol. The molecular weight excluding hydrogens is 206 g/mol. The zero-order valence-corrected chi connectivity index (χ0v) is 11.0. The molecule has 2 atom stereocenters. The maximum absolute atomic E-state index is 5.45. The fourth-order valence-corrected chi connectivity index (χ4v) is 2.74. The zero-order valence-electron chi connectivity index (χ0n) is 11.0. The van der Waals surface area contributed by atoms with E-state index in [0.717, 1.165) is 6.42 Å². The van der Waals surface area contributed by atoms with Gasteiger partial charge in [0.15, 0.2) is 0 Å². The molecule has 0 bridgehead atoms. The van der Waals surface area contributed by atoms with Crippen molar-refractivity contribution < 1.29 is 0 Å². The van der Waals surface area contributed by atoms with Crippen molar-refractivity contribution in [1.29, 1.82) is 0 Å². The van der Waals surface area contributed by atoms with Gasteiger partial charge in [-0.1, -0.05) is 44.0 Å². The number of hydrogen-bond donors (Lipinski definition) is 1. The molecule has 0 saturated carbocycles. The summed E-state index contributed by atoms with van der Waals surface area (Å²) in [6.07, 6.45) is 7.82. The number of fused-ring (bicyclic) bond motifs is 1. The van der Waals surface area contributed by atoms with Crippen LogP contribution in [0.1, 0.15) is 50.8 Å². The van der Waals surface area contributed by atoms with Gasteiger partial charge < -0.3 is 0 Å². The van der Waals surface area contributed by atoms with E-state index in [4.69, 9.17) is 6.42 Å². The Hall–Kier alpha value is -1.26. The molecule has 0 spiro atoms. The molecule has 0 saturated heterocycles. The standard InChI is InChI=1S/C16H21N/c1-5-12(2)17-15-10-11-16(3,4)14-9-7-6-8-13(14)15/h1,6-9,12,15,17H,10-11H2,2-4H3. The first-order valence-electron chi connectivity index (χ1n) is 6.36. The van der Waals surface area contributed by atoms with Gasteiger partial charge in [0.25, 0.3) is 0 Å². The highest BCUT2D eigenvalue weighted by atomic mass is 14.9. The highest BCUT2D eigenvalue weighted by Gasteiger charge is 2.32. The third-order valence-corrected chi connectivity index (χ3v) is 3.82. The lowest BCUT2D eigenvalue weighted by atomic mass is 9.71. The van der Waals surface area contributed by atoms with Gasteiger partial charge in [-0.3, -0.25) is 5.32 Å². The van der Waals surface area contributed by atoms with Crippen LogP contribution >= 0.6 is 0 Å². The summed E-state index contributed by atoms with van der Waals surface area (Å²) in [6.45, 7) is 6.70. The Morgan fingerprint density at radius 2 is 2.12 bits per heavy atom. The maximum Gasteiger partial charge on any atom is 0.0663 e. The van der Waals surface area contributed by atoms with Crippen molar-refractivity contribution in [3.8, 4) is 12.3 Å². The van der Waals surface area contributed by atoms with Gasteiger partial charge >= 0.3 is 0 Å². The predicted molar refractivity (Wildman–Crippen MR) is 72.9 cm³/mol. The fraction of sp³-hybridized carbons (Fsp3) is 0.500. The second-order valence-corrected chi connectivity index (χ2v) is 5.62. The highest BCUT2D eigenvalue weighted by molar-refractivity contribution is 5.38. The summed E-state index contributed by atoms with van der Waals surface area (Å²) < 4.78 is 0. The summed E-state index contributed by atoms with van der Waals surface area (Å²) >= 11 is 0. The molecule has 1 nitrogen and oxygen atoms in total. The molecule has 1 heteroatoms. The first-order chi connectivity index (χ1) is 8.04. The van der Waals surface area contributed by atoms with Crippen LogP contribution in [0.4, 0.5) is 0 Å². The number of benzene rings is 1. The average Bonchev–Trinajstić information content (AvgIpc) is 2.33. The van der Waals surface area contributed by atoms with E-state index in [1.54, 1.807) is 0 Å². The Bertz CT molecular complexity index is 439. The van der Waals surface area contributed by atoms with E-state index in [0.29, 0.717) is 6.04 Å². The molecule has 0 aliphatic heterocycles. The Morgan fingerprint density at radius 1 is 1.41 bits per heavy atom. The molecule has 0 heterocycles. The van der Waals surface area contributed by atoms with Crippen LogP contribution in [0.5, 0.6) is 0 Å². The van der Waals surface area contributed by atoms with Crippen LogP contribution in [0.25, 0.3) is 0 Å². The van der Waals surface area contributed by atoms with Crippen molar-refractivity contribution in [2.75, 3.05) is 0 Å². The highest BCUT2D eigenvalue weighted by Crippen LogP contribution is 2.41. The van der Waals surface area contributed by atoms with E-state index < -0.39 is 0 Å². The Morgan fingerprint density at radius 3 is 2.82 bits per heavy atom. The van der Waals surface area contributed by atoms with Gasteiger partial charge in [-0.15, -0.1) is 6.42 Å². The Balaban J connectivity index is 2.32. The van der Waals surface area contributed by atoms with E-state index in [1.807, 2.05) is 6.92 Å². The smallest absolute Gasteiger partial charge is 0.0663 e. The number of hydrogen-bond acceptors (Lipinski definition) is 1. The lowest BCUT2D eigenvalue weighted by Gasteiger charge is -2.38. The molecule has 2 unspecified atom stereocenters. The summed E-state index contributed by atoms with van der Waals surface area (Å²) in [5, 5.41) is 3.53. The van der Waals surface area contributed by atoms with Crippen LogP contribution in [0.15, 0.2) is 24.3 Å². The first kappa shape index (κ1) is 12.2. The summed E-state index contributed by atoms with van der Waals surface area (Å²) in [4.78, 5) is 0. The molecule has 0 aromatic heterocycles. The molecule has 1 aromatic rings. The number of terminal acetylenes is 1. The summed E-state index contributed by atoms with van der Waals surface area (Å²) in [6, 6.07) is 9.28. The number of nitrogens with one attached hydrogen (secondary N) is 1. The first-order valence-corrected chi connectivity index (χ1v) is 6.36. The second kappa shape index (κ2) is 4.55. The molecule has 1 N–H and O–H groups in total. The minimum atomic E-state index is 0.134. The third-order valence-electron chi connectivity index (χ3n) is 3.82. The van der Waals surface area contributed by atoms with Crippen LogP contribution in [-0.2, 0) is 5.41 Å².